The first-order chi connectivity index (χ1) is 7.71. The molecule has 90 valence electrons. The minimum absolute atomic E-state index is 0.494. The average molecular weight is 224 g/mol. The fourth-order valence-corrected chi connectivity index (χ4v) is 1.71. The van der Waals surface area contributed by atoms with Crippen molar-refractivity contribution in [2.45, 2.75) is 39.2 Å². The molecule has 0 saturated carbocycles. The largest absolute Gasteiger partial charge is 0.481 e. The summed E-state index contributed by atoms with van der Waals surface area (Å²) in [6.45, 7) is 4.28. The second-order valence-electron chi connectivity index (χ2n) is 3.92. The van der Waals surface area contributed by atoms with Gasteiger partial charge in [-0.1, -0.05) is 26.7 Å². The van der Waals surface area contributed by atoms with E-state index in [2.05, 4.69) is 23.8 Å². The monoisotopic (exact) mass is 224 g/mol. The van der Waals surface area contributed by atoms with Crippen LogP contribution in [0.15, 0.2) is 12.4 Å². The molecule has 1 N–H and O–H groups in total. The molecule has 1 atom stereocenters. The van der Waals surface area contributed by atoms with Gasteiger partial charge in [0.05, 0.1) is 18.9 Å². The smallest absolute Gasteiger partial charge is 0.216 e. The minimum Gasteiger partial charge on any atom is -0.481 e. The normalized spacial score (nSPS) is 12.8. The van der Waals surface area contributed by atoms with Crippen LogP contribution in [0.2, 0.25) is 0 Å². The van der Waals surface area contributed by atoms with Crippen LogP contribution in [-0.2, 0) is 0 Å². The molecule has 0 aliphatic heterocycles. The molecule has 0 aliphatic carbocycles. The maximum atomic E-state index is 10.0. The first kappa shape index (κ1) is 12.9. The molecule has 0 spiro atoms. The van der Waals surface area contributed by atoms with E-state index in [9.17, 15) is 5.11 Å². The number of aromatic nitrogens is 2. The summed E-state index contributed by atoms with van der Waals surface area (Å²) in [5.74, 6) is 1.03. The van der Waals surface area contributed by atoms with Gasteiger partial charge in [-0.3, -0.25) is 0 Å². The van der Waals surface area contributed by atoms with Crippen molar-refractivity contribution in [1.82, 2.24) is 9.97 Å². The Balaban J connectivity index is 2.67. The highest BCUT2D eigenvalue weighted by atomic mass is 16.5. The van der Waals surface area contributed by atoms with Gasteiger partial charge in [0.15, 0.2) is 0 Å². The highest BCUT2D eigenvalue weighted by Crippen LogP contribution is 2.24. The minimum atomic E-state index is -0.526. The van der Waals surface area contributed by atoms with Gasteiger partial charge in [-0.05, 0) is 12.3 Å². The number of aliphatic hydroxyl groups excluding tert-OH is 1. The molecule has 0 radical (unpaired) electrons. The van der Waals surface area contributed by atoms with E-state index in [-0.39, 0.29) is 0 Å². The zero-order chi connectivity index (χ0) is 12.0. The van der Waals surface area contributed by atoms with Gasteiger partial charge >= 0.3 is 0 Å². The Hall–Kier alpha value is -1.16. The Kier molecular flexibility index (Phi) is 5.19. The number of nitrogens with zero attached hydrogens (tertiary/aromatic N) is 2. The van der Waals surface area contributed by atoms with Crippen molar-refractivity contribution < 1.29 is 9.84 Å². The molecule has 0 saturated heterocycles. The molecule has 1 aromatic heterocycles. The van der Waals surface area contributed by atoms with Crippen molar-refractivity contribution in [2.24, 2.45) is 5.92 Å². The highest BCUT2D eigenvalue weighted by molar-refractivity contribution is 5.15. The quantitative estimate of drug-likeness (QED) is 0.805. The topological polar surface area (TPSA) is 55.2 Å². The van der Waals surface area contributed by atoms with Gasteiger partial charge in [-0.25, -0.2) is 9.97 Å². The van der Waals surface area contributed by atoms with Crippen LogP contribution in [-0.4, -0.2) is 22.2 Å². The molecule has 0 aromatic carbocycles. The van der Waals surface area contributed by atoms with E-state index in [1.807, 2.05) is 0 Å². The lowest BCUT2D eigenvalue weighted by atomic mass is 9.95. The van der Waals surface area contributed by atoms with Gasteiger partial charge in [0.25, 0.3) is 0 Å². The van der Waals surface area contributed by atoms with Gasteiger partial charge in [0.1, 0.15) is 6.33 Å². The first-order valence-corrected chi connectivity index (χ1v) is 5.75. The summed E-state index contributed by atoms with van der Waals surface area (Å²) in [4.78, 5) is 7.98. The van der Waals surface area contributed by atoms with Gasteiger partial charge in [0, 0.05) is 6.07 Å². The van der Waals surface area contributed by atoms with Crippen LogP contribution < -0.4 is 4.74 Å². The number of rotatable bonds is 6. The third-order valence-corrected chi connectivity index (χ3v) is 2.92. The van der Waals surface area contributed by atoms with Crippen LogP contribution in [0.25, 0.3) is 0 Å². The van der Waals surface area contributed by atoms with E-state index < -0.39 is 6.10 Å². The highest BCUT2D eigenvalue weighted by Gasteiger charge is 2.15. The fourth-order valence-electron chi connectivity index (χ4n) is 1.71. The number of hydrogen-bond donors (Lipinski definition) is 1. The number of aliphatic hydroxyl groups is 1. The molecular formula is C12H20N2O2. The SMILES string of the molecule is CCC(CC)CC(O)c1cc(OC)ncn1. The lowest BCUT2D eigenvalue weighted by Gasteiger charge is -2.16. The van der Waals surface area contributed by atoms with E-state index in [1.54, 1.807) is 13.2 Å². The number of methoxy groups -OCH3 is 1. The van der Waals surface area contributed by atoms with E-state index in [0.29, 0.717) is 17.5 Å². The maximum Gasteiger partial charge on any atom is 0.216 e. The van der Waals surface area contributed by atoms with Crippen molar-refractivity contribution in [3.05, 3.63) is 18.1 Å². The van der Waals surface area contributed by atoms with Crippen molar-refractivity contribution in [2.75, 3.05) is 7.11 Å². The van der Waals surface area contributed by atoms with E-state index in [4.69, 9.17) is 4.74 Å². The third-order valence-electron chi connectivity index (χ3n) is 2.92. The molecule has 4 nitrogen and oxygen atoms in total. The standard InChI is InChI=1S/C12H20N2O2/c1-4-9(5-2)6-11(15)10-7-12(16-3)14-8-13-10/h7-9,11,15H,4-6H2,1-3H3. The molecule has 0 amide bonds. The third kappa shape index (κ3) is 3.45. The van der Waals surface area contributed by atoms with Gasteiger partial charge < -0.3 is 9.84 Å². The van der Waals surface area contributed by atoms with Crippen molar-refractivity contribution >= 4 is 0 Å². The van der Waals surface area contributed by atoms with Crippen LogP contribution in [0.4, 0.5) is 0 Å². The first-order valence-electron chi connectivity index (χ1n) is 5.75. The Labute approximate surface area is 96.7 Å². The molecule has 0 fully saturated rings. The summed E-state index contributed by atoms with van der Waals surface area (Å²) < 4.78 is 5.00. The number of ether oxygens (including phenoxy) is 1. The van der Waals surface area contributed by atoms with Crippen LogP contribution in [0.5, 0.6) is 5.88 Å². The van der Waals surface area contributed by atoms with Crippen molar-refractivity contribution in [1.29, 1.82) is 0 Å². The number of hydrogen-bond acceptors (Lipinski definition) is 4. The summed E-state index contributed by atoms with van der Waals surface area (Å²) in [6, 6.07) is 1.69. The Morgan fingerprint density at radius 3 is 2.56 bits per heavy atom. The fraction of sp³-hybridized carbons (Fsp3) is 0.667. The lowest BCUT2D eigenvalue weighted by Crippen LogP contribution is -2.08. The second-order valence-corrected chi connectivity index (χ2v) is 3.92. The van der Waals surface area contributed by atoms with Crippen LogP contribution in [0, 0.1) is 5.92 Å². The van der Waals surface area contributed by atoms with Crippen molar-refractivity contribution in [3.63, 3.8) is 0 Å². The zero-order valence-corrected chi connectivity index (χ0v) is 10.2. The predicted octanol–water partition coefficient (Wildman–Crippen LogP) is 2.34. The van der Waals surface area contributed by atoms with Gasteiger partial charge in [-0.2, -0.15) is 0 Å². The Bertz CT molecular complexity index is 314. The maximum absolute atomic E-state index is 10.0. The summed E-state index contributed by atoms with van der Waals surface area (Å²) in [5, 5.41) is 10.0. The van der Waals surface area contributed by atoms with Gasteiger partial charge in [-0.15, -0.1) is 0 Å². The molecule has 1 unspecified atom stereocenters. The molecule has 1 heterocycles. The molecule has 16 heavy (non-hydrogen) atoms. The van der Waals surface area contributed by atoms with E-state index >= 15 is 0 Å². The van der Waals surface area contributed by atoms with Crippen LogP contribution in [0.1, 0.15) is 44.9 Å². The summed E-state index contributed by atoms with van der Waals surface area (Å²) in [7, 11) is 1.55. The molecular weight excluding hydrogens is 204 g/mol. The Morgan fingerprint density at radius 1 is 1.31 bits per heavy atom. The average Bonchev–Trinajstić information content (AvgIpc) is 2.35. The Morgan fingerprint density at radius 2 is 2.00 bits per heavy atom. The molecule has 1 aromatic rings. The summed E-state index contributed by atoms with van der Waals surface area (Å²) in [5.41, 5.74) is 0.638. The molecule has 0 bridgehead atoms. The summed E-state index contributed by atoms with van der Waals surface area (Å²) >= 11 is 0. The van der Waals surface area contributed by atoms with E-state index in [1.165, 1.54) is 6.33 Å². The zero-order valence-electron chi connectivity index (χ0n) is 10.2. The predicted molar refractivity (Wildman–Crippen MR) is 62.2 cm³/mol. The van der Waals surface area contributed by atoms with E-state index in [0.717, 1.165) is 19.3 Å². The molecule has 1 rings (SSSR count). The van der Waals surface area contributed by atoms with Crippen LogP contribution in [0.3, 0.4) is 0 Å². The van der Waals surface area contributed by atoms with Crippen molar-refractivity contribution in [3.8, 4) is 5.88 Å². The van der Waals surface area contributed by atoms with Gasteiger partial charge in [0.2, 0.25) is 5.88 Å². The molecule has 4 heteroatoms. The molecule has 0 aliphatic rings. The van der Waals surface area contributed by atoms with Crippen LogP contribution >= 0.6 is 0 Å². The second kappa shape index (κ2) is 6.43. The lowest BCUT2D eigenvalue weighted by molar-refractivity contribution is 0.136. The summed E-state index contributed by atoms with van der Waals surface area (Å²) in [6.07, 6.45) is 3.80.